The van der Waals surface area contributed by atoms with Crippen molar-refractivity contribution in [2.75, 3.05) is 13.9 Å². The molecular formula is C21H14N2O4S. The molecule has 2 aromatic carbocycles. The third-order valence-electron chi connectivity index (χ3n) is 4.17. The van der Waals surface area contributed by atoms with Gasteiger partial charge in [-0.2, -0.15) is 5.26 Å². The van der Waals surface area contributed by atoms with Crippen LogP contribution in [0, 0.1) is 11.3 Å². The number of benzene rings is 2. The number of aromatic nitrogens is 1. The van der Waals surface area contributed by atoms with Gasteiger partial charge in [-0.05, 0) is 42.0 Å². The zero-order valence-electron chi connectivity index (χ0n) is 14.8. The summed E-state index contributed by atoms with van der Waals surface area (Å²) >= 11 is 1.39. The number of fused-ring (bicyclic) bond motifs is 1. The van der Waals surface area contributed by atoms with Crippen LogP contribution in [0.5, 0.6) is 11.5 Å². The lowest BCUT2D eigenvalue weighted by atomic mass is 10.1. The van der Waals surface area contributed by atoms with Crippen LogP contribution in [0.3, 0.4) is 0 Å². The molecule has 3 aromatic rings. The van der Waals surface area contributed by atoms with E-state index < -0.39 is 5.97 Å². The highest BCUT2D eigenvalue weighted by atomic mass is 32.1. The molecule has 1 aliphatic heterocycles. The molecule has 0 amide bonds. The summed E-state index contributed by atoms with van der Waals surface area (Å²) in [5, 5.41) is 12.1. The second kappa shape index (κ2) is 7.55. The van der Waals surface area contributed by atoms with Crippen molar-refractivity contribution in [1.82, 2.24) is 4.98 Å². The van der Waals surface area contributed by atoms with Gasteiger partial charge in [0.05, 0.1) is 23.9 Å². The zero-order chi connectivity index (χ0) is 19.5. The average Bonchev–Trinajstić information content (AvgIpc) is 3.40. The molecule has 2 heterocycles. The summed E-state index contributed by atoms with van der Waals surface area (Å²) in [6.07, 6.45) is 1.74. The number of ether oxygens (including phenoxy) is 3. The summed E-state index contributed by atoms with van der Waals surface area (Å²) in [4.78, 5) is 16.1. The highest BCUT2D eigenvalue weighted by Crippen LogP contribution is 2.36. The number of methoxy groups -OCH3 is 1. The van der Waals surface area contributed by atoms with Crippen LogP contribution in [-0.2, 0) is 4.74 Å². The van der Waals surface area contributed by atoms with Gasteiger partial charge in [-0.15, -0.1) is 11.3 Å². The lowest BCUT2D eigenvalue weighted by Crippen LogP contribution is -2.00. The van der Waals surface area contributed by atoms with Gasteiger partial charge in [-0.25, -0.2) is 9.78 Å². The summed E-state index contributed by atoms with van der Waals surface area (Å²) < 4.78 is 15.4. The fourth-order valence-electron chi connectivity index (χ4n) is 2.73. The highest BCUT2D eigenvalue weighted by Gasteiger charge is 2.16. The Morgan fingerprint density at radius 3 is 2.75 bits per heavy atom. The van der Waals surface area contributed by atoms with Gasteiger partial charge in [0.15, 0.2) is 11.5 Å². The molecule has 0 atom stereocenters. The Bertz CT molecular complexity index is 1110. The van der Waals surface area contributed by atoms with Gasteiger partial charge < -0.3 is 14.2 Å². The molecule has 1 aliphatic rings. The van der Waals surface area contributed by atoms with Crippen LogP contribution >= 0.6 is 11.3 Å². The van der Waals surface area contributed by atoms with Gasteiger partial charge in [0.2, 0.25) is 6.79 Å². The minimum absolute atomic E-state index is 0.219. The Hall–Kier alpha value is -3.63. The Morgan fingerprint density at radius 2 is 2.00 bits per heavy atom. The fraction of sp³-hybridized carbons (Fsp3) is 0.0952. The van der Waals surface area contributed by atoms with Crippen molar-refractivity contribution in [2.24, 2.45) is 0 Å². The van der Waals surface area contributed by atoms with E-state index in [0.717, 1.165) is 16.8 Å². The largest absolute Gasteiger partial charge is 0.465 e. The first-order valence-corrected chi connectivity index (χ1v) is 9.22. The number of allylic oxidation sites excluding steroid dienone is 1. The number of thiazole rings is 1. The van der Waals surface area contributed by atoms with Crippen LogP contribution in [0.25, 0.3) is 22.9 Å². The molecule has 4 rings (SSSR count). The smallest absolute Gasteiger partial charge is 0.337 e. The van der Waals surface area contributed by atoms with E-state index in [1.807, 2.05) is 23.6 Å². The topological polar surface area (TPSA) is 81.4 Å². The summed E-state index contributed by atoms with van der Waals surface area (Å²) in [5.74, 6) is 1.00. The van der Waals surface area contributed by atoms with Crippen LogP contribution in [0.1, 0.15) is 20.9 Å². The molecule has 0 fully saturated rings. The summed E-state index contributed by atoms with van der Waals surface area (Å²) in [6, 6.07) is 14.7. The minimum Gasteiger partial charge on any atom is -0.465 e. The van der Waals surface area contributed by atoms with Gasteiger partial charge in [0, 0.05) is 10.9 Å². The predicted octanol–water partition coefficient (Wildman–Crippen LogP) is 4.39. The van der Waals surface area contributed by atoms with Crippen LogP contribution in [0.15, 0.2) is 47.8 Å². The number of hydrogen-bond acceptors (Lipinski definition) is 7. The Labute approximate surface area is 165 Å². The Morgan fingerprint density at radius 1 is 1.21 bits per heavy atom. The fourth-order valence-corrected chi connectivity index (χ4v) is 3.52. The zero-order valence-corrected chi connectivity index (χ0v) is 15.7. The molecule has 0 saturated heterocycles. The third-order valence-corrected chi connectivity index (χ3v) is 5.04. The number of nitrogens with zero attached hydrogens (tertiary/aromatic N) is 2. The second-order valence-corrected chi connectivity index (χ2v) is 6.75. The van der Waals surface area contributed by atoms with E-state index >= 15 is 0 Å². The third kappa shape index (κ3) is 3.46. The van der Waals surface area contributed by atoms with Gasteiger partial charge in [0.1, 0.15) is 11.1 Å². The van der Waals surface area contributed by atoms with E-state index in [4.69, 9.17) is 9.47 Å². The van der Waals surface area contributed by atoms with Crippen molar-refractivity contribution in [2.45, 2.75) is 0 Å². The maximum atomic E-state index is 11.5. The number of carbonyl (C=O) groups is 1. The van der Waals surface area contributed by atoms with Crippen molar-refractivity contribution in [3.05, 3.63) is 64.0 Å². The monoisotopic (exact) mass is 390 g/mol. The quantitative estimate of drug-likeness (QED) is 0.485. The molecular weight excluding hydrogens is 376 g/mol. The maximum Gasteiger partial charge on any atom is 0.337 e. The van der Waals surface area contributed by atoms with E-state index in [9.17, 15) is 10.1 Å². The van der Waals surface area contributed by atoms with Crippen LogP contribution in [-0.4, -0.2) is 24.9 Å². The average molecular weight is 390 g/mol. The summed E-state index contributed by atoms with van der Waals surface area (Å²) in [5.41, 5.74) is 3.36. The molecule has 0 unspecified atom stereocenters. The first-order chi connectivity index (χ1) is 13.7. The lowest BCUT2D eigenvalue weighted by molar-refractivity contribution is 0.0600. The Balaban J connectivity index is 1.60. The SMILES string of the molecule is COC(=O)c1ccc(/C=C(/C#N)c2nc(-c3ccc4c(c3)OCO4)cs2)cc1. The molecule has 0 N–H and O–H groups in total. The van der Waals surface area contributed by atoms with Crippen molar-refractivity contribution in [1.29, 1.82) is 5.26 Å². The number of esters is 1. The molecule has 0 spiro atoms. The van der Waals surface area contributed by atoms with Crippen LogP contribution < -0.4 is 9.47 Å². The first kappa shape index (κ1) is 17.8. The van der Waals surface area contributed by atoms with Crippen molar-refractivity contribution >= 4 is 29.0 Å². The van der Waals surface area contributed by atoms with Crippen LogP contribution in [0.2, 0.25) is 0 Å². The van der Waals surface area contributed by atoms with E-state index in [-0.39, 0.29) is 6.79 Å². The molecule has 0 bridgehead atoms. The molecule has 1 aromatic heterocycles. The minimum atomic E-state index is -0.399. The van der Waals surface area contributed by atoms with Gasteiger partial charge in [-0.1, -0.05) is 12.1 Å². The molecule has 0 saturated carbocycles. The number of rotatable bonds is 4. The first-order valence-electron chi connectivity index (χ1n) is 8.34. The van der Waals surface area contributed by atoms with Crippen molar-refractivity contribution < 1.29 is 19.0 Å². The van der Waals surface area contributed by atoms with Gasteiger partial charge in [-0.3, -0.25) is 0 Å². The number of nitriles is 1. The normalized spacial score (nSPS) is 12.5. The standard InChI is InChI=1S/C21H14N2O4S/c1-25-21(24)14-4-2-13(3-5-14)8-16(10-22)20-23-17(11-28-20)15-6-7-18-19(9-15)27-12-26-18/h2-9,11H,12H2,1H3/b16-8-. The molecule has 0 radical (unpaired) electrons. The predicted molar refractivity (Wildman–Crippen MR) is 105 cm³/mol. The van der Waals surface area contributed by atoms with Gasteiger partial charge in [0.25, 0.3) is 0 Å². The van der Waals surface area contributed by atoms with E-state index in [1.165, 1.54) is 18.4 Å². The molecule has 0 aliphatic carbocycles. The summed E-state index contributed by atoms with van der Waals surface area (Å²) in [6.45, 7) is 0.219. The van der Waals surface area contributed by atoms with E-state index in [2.05, 4.69) is 15.8 Å². The second-order valence-electron chi connectivity index (χ2n) is 5.89. The van der Waals surface area contributed by atoms with Crippen molar-refractivity contribution in [3.8, 4) is 28.8 Å². The molecule has 28 heavy (non-hydrogen) atoms. The van der Waals surface area contributed by atoms with Crippen LogP contribution in [0.4, 0.5) is 0 Å². The van der Waals surface area contributed by atoms with E-state index in [0.29, 0.717) is 27.6 Å². The maximum absolute atomic E-state index is 11.5. The Kier molecular flexibility index (Phi) is 4.79. The lowest BCUT2D eigenvalue weighted by Gasteiger charge is -2.00. The van der Waals surface area contributed by atoms with E-state index in [1.54, 1.807) is 30.3 Å². The molecule has 138 valence electrons. The number of carbonyl (C=O) groups excluding carboxylic acids is 1. The van der Waals surface area contributed by atoms with Gasteiger partial charge >= 0.3 is 5.97 Å². The molecule has 7 heteroatoms. The highest BCUT2D eigenvalue weighted by molar-refractivity contribution is 7.11. The number of hydrogen-bond donors (Lipinski definition) is 0. The summed E-state index contributed by atoms with van der Waals surface area (Å²) in [7, 11) is 1.34. The van der Waals surface area contributed by atoms with Crippen molar-refractivity contribution in [3.63, 3.8) is 0 Å². The molecule has 6 nitrogen and oxygen atoms in total.